The summed E-state index contributed by atoms with van der Waals surface area (Å²) >= 11 is 0. The van der Waals surface area contributed by atoms with Crippen LogP contribution in [0.2, 0.25) is 0 Å². The molecule has 0 saturated heterocycles. The van der Waals surface area contributed by atoms with Crippen molar-refractivity contribution in [2.75, 3.05) is 18.0 Å². The van der Waals surface area contributed by atoms with Gasteiger partial charge in [-0.1, -0.05) is 68.7 Å². The van der Waals surface area contributed by atoms with Gasteiger partial charge in [0.25, 0.3) is 10.0 Å². The largest absolute Gasteiger partial charge is 0.497 e. The van der Waals surface area contributed by atoms with Crippen LogP contribution in [0, 0.1) is 13.8 Å². The first kappa shape index (κ1) is 32.1. The number of methoxy groups -OCH3 is 1. The summed E-state index contributed by atoms with van der Waals surface area (Å²) in [5, 5.41) is 3.18. The smallest absolute Gasteiger partial charge is 0.264 e. The molecule has 3 aromatic rings. The minimum Gasteiger partial charge on any atom is -0.497 e. The first-order valence-corrected chi connectivity index (χ1v) is 16.5. The second kappa shape index (κ2) is 14.6. The summed E-state index contributed by atoms with van der Waals surface area (Å²) in [5.41, 5.74) is 2.91. The van der Waals surface area contributed by atoms with Crippen LogP contribution >= 0.6 is 0 Å². The average molecular weight is 606 g/mol. The Morgan fingerprint density at radius 3 is 2.23 bits per heavy atom. The highest BCUT2D eigenvalue weighted by Crippen LogP contribution is 2.29. The van der Waals surface area contributed by atoms with E-state index >= 15 is 0 Å². The number of ether oxygens (including phenoxy) is 1. The van der Waals surface area contributed by atoms with Gasteiger partial charge in [-0.3, -0.25) is 13.9 Å². The Morgan fingerprint density at radius 2 is 1.60 bits per heavy atom. The Morgan fingerprint density at radius 1 is 0.930 bits per heavy atom. The fourth-order valence-corrected chi connectivity index (χ4v) is 7.12. The van der Waals surface area contributed by atoms with E-state index in [2.05, 4.69) is 5.32 Å². The molecule has 43 heavy (non-hydrogen) atoms. The van der Waals surface area contributed by atoms with Crippen molar-refractivity contribution in [2.45, 2.75) is 82.8 Å². The molecule has 1 saturated carbocycles. The SMILES string of the molecule is CC[C@H](C(=O)NC1CCCCC1)N(Cc1ccc(OC)cc1)C(=O)CN(c1cccc(C)c1C)S(=O)(=O)c1ccccc1. The summed E-state index contributed by atoms with van der Waals surface area (Å²) in [7, 11) is -2.52. The Hall–Kier alpha value is -3.85. The van der Waals surface area contributed by atoms with Gasteiger partial charge >= 0.3 is 0 Å². The molecule has 0 spiro atoms. The normalized spacial score (nSPS) is 14.5. The molecule has 0 aromatic heterocycles. The van der Waals surface area contributed by atoms with Crippen LogP contribution in [0.25, 0.3) is 0 Å². The second-order valence-corrected chi connectivity index (χ2v) is 13.0. The van der Waals surface area contributed by atoms with E-state index in [1.165, 1.54) is 21.3 Å². The third-order valence-electron chi connectivity index (χ3n) is 8.30. The summed E-state index contributed by atoms with van der Waals surface area (Å²) < 4.78 is 34.6. The molecule has 2 amide bonds. The summed E-state index contributed by atoms with van der Waals surface area (Å²) in [6.07, 6.45) is 5.52. The number of anilines is 1. The fraction of sp³-hybridized carbons (Fsp3) is 0.412. The molecular weight excluding hydrogens is 562 g/mol. The summed E-state index contributed by atoms with van der Waals surface area (Å²) in [6.45, 7) is 5.33. The van der Waals surface area contributed by atoms with E-state index in [-0.39, 0.29) is 23.4 Å². The van der Waals surface area contributed by atoms with E-state index < -0.39 is 28.5 Å². The van der Waals surface area contributed by atoms with Crippen LogP contribution in [0.1, 0.15) is 62.1 Å². The third kappa shape index (κ3) is 7.76. The number of aryl methyl sites for hydroxylation is 1. The van der Waals surface area contributed by atoms with Crippen LogP contribution in [0.5, 0.6) is 5.75 Å². The van der Waals surface area contributed by atoms with Crippen LogP contribution in [0.15, 0.2) is 77.7 Å². The predicted molar refractivity (Wildman–Crippen MR) is 170 cm³/mol. The predicted octanol–water partition coefficient (Wildman–Crippen LogP) is 5.76. The lowest BCUT2D eigenvalue weighted by Gasteiger charge is -2.35. The van der Waals surface area contributed by atoms with E-state index in [0.29, 0.717) is 17.9 Å². The van der Waals surface area contributed by atoms with Crippen LogP contribution in [0.3, 0.4) is 0 Å². The van der Waals surface area contributed by atoms with Crippen LogP contribution in [-0.2, 0) is 26.2 Å². The van der Waals surface area contributed by atoms with Gasteiger partial charge in [-0.05, 0) is 80.1 Å². The van der Waals surface area contributed by atoms with Gasteiger partial charge in [0.05, 0.1) is 17.7 Å². The fourth-order valence-electron chi connectivity index (χ4n) is 5.63. The molecule has 0 radical (unpaired) electrons. The molecule has 9 heteroatoms. The third-order valence-corrected chi connectivity index (χ3v) is 10.1. The lowest BCUT2D eigenvalue weighted by Crippen LogP contribution is -2.54. The summed E-state index contributed by atoms with van der Waals surface area (Å²) in [6, 6.07) is 20.2. The lowest BCUT2D eigenvalue weighted by molar-refractivity contribution is -0.140. The maximum Gasteiger partial charge on any atom is 0.264 e. The zero-order chi connectivity index (χ0) is 31.0. The molecule has 0 bridgehead atoms. The van der Waals surface area contributed by atoms with Crippen LogP contribution in [-0.4, -0.2) is 50.9 Å². The highest BCUT2D eigenvalue weighted by Gasteiger charge is 2.35. The molecule has 230 valence electrons. The van der Waals surface area contributed by atoms with Gasteiger partial charge < -0.3 is 15.0 Å². The first-order chi connectivity index (χ1) is 20.6. The molecule has 1 aliphatic carbocycles. The van der Waals surface area contributed by atoms with Crippen LogP contribution < -0.4 is 14.4 Å². The van der Waals surface area contributed by atoms with Crippen molar-refractivity contribution in [3.05, 3.63) is 89.5 Å². The summed E-state index contributed by atoms with van der Waals surface area (Å²) in [5.74, 6) is 0.0149. The minimum atomic E-state index is -4.11. The van der Waals surface area contributed by atoms with Crippen molar-refractivity contribution in [1.29, 1.82) is 0 Å². The molecule has 3 aromatic carbocycles. The van der Waals surface area contributed by atoms with E-state index in [4.69, 9.17) is 4.74 Å². The molecular formula is C34H43N3O5S. The zero-order valence-corrected chi connectivity index (χ0v) is 26.4. The van der Waals surface area contributed by atoms with Gasteiger partial charge in [0.2, 0.25) is 11.8 Å². The highest BCUT2D eigenvalue weighted by molar-refractivity contribution is 7.92. The topological polar surface area (TPSA) is 96.0 Å². The zero-order valence-electron chi connectivity index (χ0n) is 25.6. The van der Waals surface area contributed by atoms with Gasteiger partial charge in [0.15, 0.2) is 0 Å². The standard InChI is InChI=1S/C34H43N3O5S/c1-5-31(34(39)35-28-14-8-6-9-15-28)36(23-27-19-21-29(42-4)22-20-27)33(38)24-37(32-18-12-13-25(2)26(32)3)43(40,41)30-16-10-7-11-17-30/h7,10-13,16-22,28,31H,5-6,8-9,14-15,23-24H2,1-4H3,(H,35,39)/t31-/m1/s1. The lowest BCUT2D eigenvalue weighted by atomic mass is 9.95. The number of hydrogen-bond donors (Lipinski definition) is 1. The number of nitrogens with zero attached hydrogens (tertiary/aromatic N) is 2. The van der Waals surface area contributed by atoms with Crippen molar-refractivity contribution in [2.24, 2.45) is 0 Å². The number of nitrogens with one attached hydrogen (secondary N) is 1. The van der Waals surface area contributed by atoms with E-state index in [0.717, 1.165) is 48.8 Å². The molecule has 0 unspecified atom stereocenters. The Kier molecular flexibility index (Phi) is 10.9. The molecule has 1 N–H and O–H groups in total. The molecule has 0 aliphatic heterocycles. The average Bonchev–Trinajstić information content (AvgIpc) is 3.02. The van der Waals surface area contributed by atoms with Crippen molar-refractivity contribution >= 4 is 27.5 Å². The number of benzene rings is 3. The Balaban J connectivity index is 1.72. The van der Waals surface area contributed by atoms with Gasteiger partial charge in [0.1, 0.15) is 18.3 Å². The quantitative estimate of drug-likeness (QED) is 0.283. The molecule has 4 rings (SSSR count). The first-order valence-electron chi connectivity index (χ1n) is 15.0. The molecule has 1 aliphatic rings. The molecule has 1 atom stereocenters. The van der Waals surface area contributed by atoms with E-state index in [1.807, 2.05) is 51.1 Å². The van der Waals surface area contributed by atoms with Crippen LogP contribution in [0.4, 0.5) is 5.69 Å². The van der Waals surface area contributed by atoms with E-state index in [1.54, 1.807) is 37.4 Å². The molecule has 8 nitrogen and oxygen atoms in total. The number of carbonyl (C=O) groups is 2. The molecule has 1 fully saturated rings. The Bertz CT molecular complexity index is 1490. The summed E-state index contributed by atoms with van der Waals surface area (Å²) in [4.78, 5) is 29.7. The van der Waals surface area contributed by atoms with Crippen molar-refractivity contribution < 1.29 is 22.7 Å². The number of amides is 2. The Labute approximate surface area is 256 Å². The number of sulfonamides is 1. The van der Waals surface area contributed by atoms with Gasteiger partial charge in [-0.25, -0.2) is 8.42 Å². The van der Waals surface area contributed by atoms with Gasteiger partial charge in [-0.15, -0.1) is 0 Å². The van der Waals surface area contributed by atoms with Gasteiger partial charge in [-0.2, -0.15) is 0 Å². The maximum atomic E-state index is 14.3. The second-order valence-electron chi connectivity index (χ2n) is 11.2. The van der Waals surface area contributed by atoms with Crippen molar-refractivity contribution in [3.63, 3.8) is 0 Å². The maximum absolute atomic E-state index is 14.3. The highest BCUT2D eigenvalue weighted by atomic mass is 32.2. The van der Waals surface area contributed by atoms with Crippen molar-refractivity contribution in [1.82, 2.24) is 10.2 Å². The van der Waals surface area contributed by atoms with E-state index in [9.17, 15) is 18.0 Å². The minimum absolute atomic E-state index is 0.0816. The monoisotopic (exact) mass is 605 g/mol. The number of rotatable bonds is 12. The number of carbonyl (C=O) groups excluding carboxylic acids is 2. The van der Waals surface area contributed by atoms with Crippen molar-refractivity contribution in [3.8, 4) is 5.75 Å². The van der Waals surface area contributed by atoms with Gasteiger partial charge in [0, 0.05) is 12.6 Å². The molecule has 0 heterocycles. The number of hydrogen-bond acceptors (Lipinski definition) is 5.